The lowest BCUT2D eigenvalue weighted by atomic mass is 9.99. The Hall–Kier alpha value is -3.16. The number of oxazole rings is 1. The molecule has 7 nitrogen and oxygen atoms in total. The smallest absolute Gasteiger partial charge is 0.364 e. The molecular weight excluding hydrogens is 386 g/mol. The Balaban J connectivity index is 1.36. The van der Waals surface area contributed by atoms with Crippen LogP contribution in [0, 0.1) is 6.92 Å². The standard InChI is InChI=1S/C23H23NO6/c1-15-20(24-21(30-15)17-6-4-3-5-7-17)14-27-19-10-8-16(9-11-19)18-12-28-23(2,22(25)26)29-13-18/h3-11,18H,12-14H2,1-2H3,(H,25,26). The molecular formula is C23H23NO6. The predicted octanol–water partition coefficient (Wildman–Crippen LogP) is 4.16. The van der Waals surface area contributed by atoms with Crippen molar-refractivity contribution in [2.45, 2.75) is 32.2 Å². The van der Waals surface area contributed by atoms with Gasteiger partial charge in [-0.3, -0.25) is 0 Å². The molecule has 2 aromatic carbocycles. The number of aromatic nitrogens is 1. The van der Waals surface area contributed by atoms with Gasteiger partial charge in [0.05, 0.1) is 13.2 Å². The van der Waals surface area contributed by atoms with Crippen molar-refractivity contribution in [1.82, 2.24) is 4.98 Å². The molecule has 1 aromatic heterocycles. The van der Waals surface area contributed by atoms with Gasteiger partial charge in [0.25, 0.3) is 5.79 Å². The highest BCUT2D eigenvalue weighted by atomic mass is 16.7. The number of aryl methyl sites for hydroxylation is 1. The number of carbonyl (C=O) groups is 1. The normalized spacial score (nSPS) is 21.3. The van der Waals surface area contributed by atoms with Gasteiger partial charge in [0.15, 0.2) is 0 Å². The third-order valence-corrected chi connectivity index (χ3v) is 5.15. The van der Waals surface area contributed by atoms with Crippen LogP contribution in [0.5, 0.6) is 5.75 Å². The third kappa shape index (κ3) is 4.22. The van der Waals surface area contributed by atoms with Crippen LogP contribution in [-0.4, -0.2) is 35.1 Å². The van der Waals surface area contributed by atoms with Gasteiger partial charge in [0, 0.05) is 18.4 Å². The van der Waals surface area contributed by atoms with E-state index in [1.54, 1.807) is 0 Å². The van der Waals surface area contributed by atoms with Crippen molar-refractivity contribution in [3.63, 3.8) is 0 Å². The maximum atomic E-state index is 11.2. The second kappa shape index (κ2) is 8.30. The summed E-state index contributed by atoms with van der Waals surface area (Å²) < 4.78 is 22.4. The van der Waals surface area contributed by atoms with Crippen LogP contribution in [0.15, 0.2) is 59.0 Å². The molecule has 1 fully saturated rings. The molecule has 3 aromatic rings. The molecule has 156 valence electrons. The molecule has 4 rings (SSSR count). The average Bonchev–Trinajstić information content (AvgIpc) is 3.14. The molecule has 0 atom stereocenters. The fourth-order valence-corrected chi connectivity index (χ4v) is 3.18. The lowest BCUT2D eigenvalue weighted by Gasteiger charge is -2.34. The number of carboxylic acids is 1. The molecule has 1 N–H and O–H groups in total. The van der Waals surface area contributed by atoms with Crippen molar-refractivity contribution in [2.75, 3.05) is 13.2 Å². The van der Waals surface area contributed by atoms with Crippen molar-refractivity contribution in [3.8, 4) is 17.2 Å². The summed E-state index contributed by atoms with van der Waals surface area (Å²) in [6.07, 6.45) is 0. The Kier molecular flexibility index (Phi) is 5.57. The largest absolute Gasteiger partial charge is 0.487 e. The van der Waals surface area contributed by atoms with Gasteiger partial charge < -0.3 is 23.7 Å². The van der Waals surface area contributed by atoms with Gasteiger partial charge in [-0.05, 0) is 36.8 Å². The molecule has 1 saturated heterocycles. The fraction of sp³-hybridized carbons (Fsp3) is 0.304. The predicted molar refractivity (Wildman–Crippen MR) is 108 cm³/mol. The number of benzene rings is 2. The molecule has 0 spiro atoms. The number of aliphatic carboxylic acids is 1. The Morgan fingerprint density at radius 3 is 2.43 bits per heavy atom. The van der Waals surface area contributed by atoms with E-state index < -0.39 is 11.8 Å². The van der Waals surface area contributed by atoms with Gasteiger partial charge >= 0.3 is 5.97 Å². The Labute approximate surface area is 174 Å². The topological polar surface area (TPSA) is 91.0 Å². The van der Waals surface area contributed by atoms with Crippen LogP contribution in [0.1, 0.15) is 29.9 Å². The molecule has 0 bridgehead atoms. The number of carboxylic acid groups (broad SMARTS) is 1. The maximum absolute atomic E-state index is 11.2. The second-order valence-corrected chi connectivity index (χ2v) is 7.32. The van der Waals surface area contributed by atoms with Gasteiger partial charge in [-0.2, -0.15) is 0 Å². The zero-order chi connectivity index (χ0) is 21.1. The molecule has 7 heteroatoms. The first kappa shape index (κ1) is 20.1. The Morgan fingerprint density at radius 1 is 1.13 bits per heavy atom. The number of ether oxygens (including phenoxy) is 3. The zero-order valence-electron chi connectivity index (χ0n) is 16.8. The van der Waals surface area contributed by atoms with Crippen LogP contribution in [0.2, 0.25) is 0 Å². The molecule has 0 aliphatic carbocycles. The summed E-state index contributed by atoms with van der Waals surface area (Å²) in [6.45, 7) is 4.15. The summed E-state index contributed by atoms with van der Waals surface area (Å²) in [5.41, 5.74) is 2.67. The van der Waals surface area contributed by atoms with Gasteiger partial charge in [-0.1, -0.05) is 30.3 Å². The van der Waals surface area contributed by atoms with E-state index in [9.17, 15) is 4.79 Å². The van der Waals surface area contributed by atoms with Crippen molar-refractivity contribution in [3.05, 3.63) is 71.6 Å². The maximum Gasteiger partial charge on any atom is 0.364 e. The minimum absolute atomic E-state index is 0.0299. The highest BCUT2D eigenvalue weighted by Gasteiger charge is 2.40. The lowest BCUT2D eigenvalue weighted by Crippen LogP contribution is -2.47. The molecule has 0 saturated carbocycles. The van der Waals surface area contributed by atoms with Gasteiger partial charge in [0.2, 0.25) is 5.89 Å². The molecule has 30 heavy (non-hydrogen) atoms. The van der Waals surface area contributed by atoms with E-state index in [0.29, 0.717) is 18.2 Å². The zero-order valence-corrected chi connectivity index (χ0v) is 16.8. The number of hydrogen-bond donors (Lipinski definition) is 1. The first-order valence-electron chi connectivity index (χ1n) is 9.70. The van der Waals surface area contributed by atoms with Crippen molar-refractivity contribution in [2.24, 2.45) is 0 Å². The molecule has 0 radical (unpaired) electrons. The van der Waals surface area contributed by atoms with Gasteiger partial charge in [0.1, 0.15) is 23.8 Å². The quantitative estimate of drug-likeness (QED) is 0.654. The molecule has 0 unspecified atom stereocenters. The van der Waals surface area contributed by atoms with Crippen molar-refractivity contribution < 1.29 is 28.5 Å². The fourth-order valence-electron chi connectivity index (χ4n) is 3.18. The summed E-state index contributed by atoms with van der Waals surface area (Å²) in [6, 6.07) is 17.3. The van der Waals surface area contributed by atoms with E-state index in [4.69, 9.17) is 23.7 Å². The SMILES string of the molecule is Cc1oc(-c2ccccc2)nc1COc1ccc(C2COC(C)(C(=O)O)OC2)cc1. The van der Waals surface area contributed by atoms with E-state index in [1.165, 1.54) is 6.92 Å². The summed E-state index contributed by atoms with van der Waals surface area (Å²) in [7, 11) is 0. The Bertz CT molecular complexity index is 1000. The Morgan fingerprint density at radius 2 is 1.80 bits per heavy atom. The molecule has 1 aliphatic heterocycles. The molecule has 0 amide bonds. The second-order valence-electron chi connectivity index (χ2n) is 7.32. The summed E-state index contributed by atoms with van der Waals surface area (Å²) >= 11 is 0. The van der Waals surface area contributed by atoms with Crippen LogP contribution in [0.4, 0.5) is 0 Å². The lowest BCUT2D eigenvalue weighted by molar-refractivity contribution is -0.262. The monoisotopic (exact) mass is 409 g/mol. The van der Waals surface area contributed by atoms with Crippen LogP contribution >= 0.6 is 0 Å². The highest BCUT2D eigenvalue weighted by Crippen LogP contribution is 2.29. The van der Waals surface area contributed by atoms with E-state index in [0.717, 1.165) is 22.6 Å². The van der Waals surface area contributed by atoms with E-state index in [1.807, 2.05) is 61.5 Å². The minimum Gasteiger partial charge on any atom is -0.487 e. The van der Waals surface area contributed by atoms with E-state index >= 15 is 0 Å². The average molecular weight is 409 g/mol. The highest BCUT2D eigenvalue weighted by molar-refractivity contribution is 5.75. The molecule has 1 aliphatic rings. The van der Waals surface area contributed by atoms with E-state index in [2.05, 4.69) is 4.98 Å². The molecule has 2 heterocycles. The van der Waals surface area contributed by atoms with Gasteiger partial charge in [-0.25, -0.2) is 9.78 Å². The van der Waals surface area contributed by atoms with Crippen LogP contribution in [0.25, 0.3) is 11.5 Å². The number of hydrogen-bond acceptors (Lipinski definition) is 6. The summed E-state index contributed by atoms with van der Waals surface area (Å²) in [5.74, 6) is -0.722. The van der Waals surface area contributed by atoms with Crippen molar-refractivity contribution in [1.29, 1.82) is 0 Å². The summed E-state index contributed by atoms with van der Waals surface area (Å²) in [4.78, 5) is 15.7. The first-order valence-corrected chi connectivity index (χ1v) is 9.70. The van der Waals surface area contributed by atoms with Crippen LogP contribution < -0.4 is 4.74 Å². The van der Waals surface area contributed by atoms with Crippen LogP contribution in [-0.2, 0) is 20.9 Å². The van der Waals surface area contributed by atoms with Crippen molar-refractivity contribution >= 4 is 5.97 Å². The number of rotatable bonds is 6. The number of nitrogens with zero attached hydrogens (tertiary/aromatic N) is 1. The van der Waals surface area contributed by atoms with E-state index in [-0.39, 0.29) is 19.1 Å². The minimum atomic E-state index is -1.58. The van der Waals surface area contributed by atoms with Gasteiger partial charge in [-0.15, -0.1) is 0 Å². The first-order chi connectivity index (χ1) is 14.4. The van der Waals surface area contributed by atoms with Crippen LogP contribution in [0.3, 0.4) is 0 Å². The summed E-state index contributed by atoms with van der Waals surface area (Å²) in [5, 5.41) is 9.15. The third-order valence-electron chi connectivity index (χ3n) is 5.15.